The normalized spacial score (nSPS) is 17.7. The first-order valence-corrected chi connectivity index (χ1v) is 11.7. The molecule has 0 spiro atoms. The number of nitrogens with zero attached hydrogens (tertiary/aromatic N) is 1. The van der Waals surface area contributed by atoms with Crippen molar-refractivity contribution in [1.29, 1.82) is 0 Å². The third-order valence-corrected chi connectivity index (χ3v) is 7.16. The standard InChI is InChI=1S/C22H25F3N2O4S/c1-3-31-20-10-9-19(12-15(20)2)32(29,30)27-11-5-6-16(14-27)21(28)26-18-8-4-7-17(13-18)22(23,24)25/h4,7-10,12-13,16H,3,5-6,11,14H2,1-2H3,(H,26,28)/t16-/m1/s1. The molecule has 1 aliphatic heterocycles. The summed E-state index contributed by atoms with van der Waals surface area (Å²) in [5.41, 5.74) is -0.162. The van der Waals surface area contributed by atoms with E-state index >= 15 is 0 Å². The predicted octanol–water partition coefficient (Wildman–Crippen LogP) is 4.45. The Bertz CT molecular complexity index is 1090. The van der Waals surface area contributed by atoms with Crippen LogP contribution in [0.15, 0.2) is 47.4 Å². The van der Waals surface area contributed by atoms with Crippen molar-refractivity contribution in [2.24, 2.45) is 5.92 Å². The van der Waals surface area contributed by atoms with Crippen LogP contribution in [0.2, 0.25) is 0 Å². The van der Waals surface area contributed by atoms with Crippen molar-refractivity contribution in [3.8, 4) is 5.75 Å². The zero-order valence-corrected chi connectivity index (χ0v) is 18.6. The van der Waals surface area contributed by atoms with Gasteiger partial charge in [0.15, 0.2) is 0 Å². The monoisotopic (exact) mass is 470 g/mol. The number of carbonyl (C=O) groups excluding carboxylic acids is 1. The Hall–Kier alpha value is -2.59. The van der Waals surface area contributed by atoms with Gasteiger partial charge < -0.3 is 10.1 Å². The molecular weight excluding hydrogens is 445 g/mol. The number of carbonyl (C=O) groups is 1. The van der Waals surface area contributed by atoms with Crippen molar-refractivity contribution < 1.29 is 31.1 Å². The Kier molecular flexibility index (Phi) is 7.14. The minimum absolute atomic E-state index is 0.0203. The quantitative estimate of drug-likeness (QED) is 0.677. The molecule has 6 nitrogen and oxygen atoms in total. The number of anilines is 1. The third-order valence-electron chi connectivity index (χ3n) is 5.30. The van der Waals surface area contributed by atoms with Gasteiger partial charge in [-0.25, -0.2) is 8.42 Å². The molecule has 174 valence electrons. The van der Waals surface area contributed by atoms with Crippen LogP contribution in [0.1, 0.15) is 30.9 Å². The van der Waals surface area contributed by atoms with Gasteiger partial charge in [0.05, 0.1) is 23.0 Å². The van der Waals surface area contributed by atoms with Crippen LogP contribution < -0.4 is 10.1 Å². The molecule has 1 N–H and O–H groups in total. The maximum atomic E-state index is 13.1. The predicted molar refractivity (Wildman–Crippen MR) is 114 cm³/mol. The summed E-state index contributed by atoms with van der Waals surface area (Å²) in [6, 6.07) is 8.97. The third kappa shape index (κ3) is 5.42. The molecule has 0 radical (unpaired) electrons. The molecule has 3 rings (SSSR count). The van der Waals surface area contributed by atoms with E-state index in [0.29, 0.717) is 30.8 Å². The van der Waals surface area contributed by atoms with Crippen LogP contribution >= 0.6 is 0 Å². The van der Waals surface area contributed by atoms with E-state index in [0.717, 1.165) is 12.1 Å². The number of rotatable bonds is 6. The number of hydrogen-bond acceptors (Lipinski definition) is 4. The largest absolute Gasteiger partial charge is 0.494 e. The van der Waals surface area contributed by atoms with Gasteiger partial charge in [0, 0.05) is 18.8 Å². The molecule has 0 bridgehead atoms. The molecular formula is C22H25F3N2O4S. The second-order valence-corrected chi connectivity index (χ2v) is 9.57. The van der Waals surface area contributed by atoms with E-state index in [9.17, 15) is 26.4 Å². The highest BCUT2D eigenvalue weighted by Crippen LogP contribution is 2.31. The summed E-state index contributed by atoms with van der Waals surface area (Å²) in [7, 11) is -3.83. The first kappa shape index (κ1) is 24.1. The lowest BCUT2D eigenvalue weighted by atomic mass is 9.98. The van der Waals surface area contributed by atoms with Crippen molar-refractivity contribution >= 4 is 21.6 Å². The number of benzene rings is 2. The van der Waals surface area contributed by atoms with Crippen LogP contribution in [-0.2, 0) is 21.0 Å². The molecule has 0 unspecified atom stereocenters. The number of alkyl halides is 3. The van der Waals surface area contributed by atoms with E-state index in [2.05, 4.69) is 5.32 Å². The Labute approximate surface area is 185 Å². The number of sulfonamides is 1. The van der Waals surface area contributed by atoms with Gasteiger partial charge in [-0.3, -0.25) is 4.79 Å². The molecule has 1 saturated heterocycles. The van der Waals surface area contributed by atoms with Crippen LogP contribution in [0.4, 0.5) is 18.9 Å². The minimum Gasteiger partial charge on any atom is -0.494 e. The van der Waals surface area contributed by atoms with E-state index in [1.165, 1.54) is 28.6 Å². The Balaban J connectivity index is 1.73. The average molecular weight is 471 g/mol. The lowest BCUT2D eigenvalue weighted by Gasteiger charge is -2.31. The zero-order chi connectivity index (χ0) is 23.5. The van der Waals surface area contributed by atoms with Crippen molar-refractivity contribution in [1.82, 2.24) is 4.31 Å². The lowest BCUT2D eigenvalue weighted by Crippen LogP contribution is -2.43. The first-order chi connectivity index (χ1) is 15.0. The number of hydrogen-bond donors (Lipinski definition) is 1. The average Bonchev–Trinajstić information content (AvgIpc) is 2.75. The minimum atomic E-state index is -4.52. The number of piperidine rings is 1. The summed E-state index contributed by atoms with van der Waals surface area (Å²) in [5.74, 6) is -0.576. The van der Waals surface area contributed by atoms with Gasteiger partial charge in [-0.2, -0.15) is 17.5 Å². The van der Waals surface area contributed by atoms with Gasteiger partial charge in [-0.1, -0.05) is 6.07 Å². The van der Waals surface area contributed by atoms with Gasteiger partial charge in [-0.15, -0.1) is 0 Å². The fourth-order valence-corrected chi connectivity index (χ4v) is 5.25. The van der Waals surface area contributed by atoms with Crippen molar-refractivity contribution in [2.75, 3.05) is 25.0 Å². The fraction of sp³-hybridized carbons (Fsp3) is 0.409. The zero-order valence-electron chi connectivity index (χ0n) is 17.8. The van der Waals surface area contributed by atoms with E-state index in [1.807, 2.05) is 6.92 Å². The fourth-order valence-electron chi connectivity index (χ4n) is 3.64. The van der Waals surface area contributed by atoms with Crippen LogP contribution in [0.5, 0.6) is 5.75 Å². The maximum Gasteiger partial charge on any atom is 0.416 e. The van der Waals surface area contributed by atoms with E-state index in [1.54, 1.807) is 13.0 Å². The summed E-state index contributed by atoms with van der Waals surface area (Å²) in [6.45, 7) is 4.27. The van der Waals surface area contributed by atoms with Crippen molar-refractivity contribution in [3.05, 3.63) is 53.6 Å². The molecule has 1 fully saturated rings. The molecule has 0 aromatic heterocycles. The van der Waals surface area contributed by atoms with Crippen LogP contribution in [-0.4, -0.2) is 38.3 Å². The number of aryl methyl sites for hydroxylation is 1. The second-order valence-electron chi connectivity index (χ2n) is 7.63. The SMILES string of the molecule is CCOc1ccc(S(=O)(=O)N2CCC[C@@H](C(=O)Nc3cccc(C(F)(F)F)c3)C2)cc1C. The Morgan fingerprint density at radius 1 is 1.22 bits per heavy atom. The second kappa shape index (κ2) is 9.50. The van der Waals surface area contributed by atoms with Crippen LogP contribution in [0, 0.1) is 12.8 Å². The molecule has 0 aliphatic carbocycles. The van der Waals surface area contributed by atoms with Crippen LogP contribution in [0.3, 0.4) is 0 Å². The highest BCUT2D eigenvalue weighted by Gasteiger charge is 2.34. The van der Waals surface area contributed by atoms with Gasteiger partial charge in [0.2, 0.25) is 15.9 Å². The van der Waals surface area contributed by atoms with Gasteiger partial charge >= 0.3 is 6.18 Å². The molecule has 2 aromatic rings. The van der Waals surface area contributed by atoms with Crippen LogP contribution in [0.25, 0.3) is 0 Å². The summed E-state index contributed by atoms with van der Waals surface area (Å²) in [6.07, 6.45) is -3.61. The Morgan fingerprint density at radius 2 is 1.97 bits per heavy atom. The van der Waals surface area contributed by atoms with Gasteiger partial charge in [0.25, 0.3) is 0 Å². The molecule has 10 heteroatoms. The highest BCUT2D eigenvalue weighted by atomic mass is 32.2. The Morgan fingerprint density at radius 3 is 2.62 bits per heavy atom. The van der Waals surface area contributed by atoms with E-state index in [-0.39, 0.29) is 23.7 Å². The van der Waals surface area contributed by atoms with E-state index in [4.69, 9.17) is 4.74 Å². The molecule has 1 heterocycles. The molecule has 2 aromatic carbocycles. The summed E-state index contributed by atoms with van der Waals surface area (Å²) >= 11 is 0. The first-order valence-electron chi connectivity index (χ1n) is 10.2. The lowest BCUT2D eigenvalue weighted by molar-refractivity contribution is -0.137. The molecule has 1 aliphatic rings. The van der Waals surface area contributed by atoms with E-state index < -0.39 is 33.6 Å². The smallest absolute Gasteiger partial charge is 0.416 e. The number of nitrogens with one attached hydrogen (secondary N) is 1. The van der Waals surface area contributed by atoms with Crippen molar-refractivity contribution in [3.63, 3.8) is 0 Å². The summed E-state index contributed by atoms with van der Waals surface area (Å²) < 4.78 is 71.7. The number of amides is 1. The van der Waals surface area contributed by atoms with Gasteiger partial charge in [-0.05, 0) is 68.7 Å². The number of halogens is 3. The summed E-state index contributed by atoms with van der Waals surface area (Å²) in [5, 5.41) is 2.49. The van der Waals surface area contributed by atoms with Crippen molar-refractivity contribution in [2.45, 2.75) is 37.8 Å². The molecule has 1 amide bonds. The highest BCUT2D eigenvalue weighted by molar-refractivity contribution is 7.89. The molecule has 1 atom stereocenters. The summed E-state index contributed by atoms with van der Waals surface area (Å²) in [4.78, 5) is 12.8. The molecule has 32 heavy (non-hydrogen) atoms. The maximum absolute atomic E-state index is 13.1. The topological polar surface area (TPSA) is 75.7 Å². The number of ether oxygens (including phenoxy) is 1. The molecule has 0 saturated carbocycles. The van der Waals surface area contributed by atoms with Gasteiger partial charge in [0.1, 0.15) is 5.75 Å².